The lowest BCUT2D eigenvalue weighted by molar-refractivity contribution is -0.107. The molecule has 1 aromatic carbocycles. The zero-order chi connectivity index (χ0) is 15.3. The van der Waals surface area contributed by atoms with E-state index in [-0.39, 0.29) is 35.6 Å². The second kappa shape index (κ2) is 4.84. The highest BCUT2D eigenvalue weighted by molar-refractivity contribution is 8.13. The summed E-state index contributed by atoms with van der Waals surface area (Å²) in [5.74, 6) is -0.419. The molecule has 2 aliphatic heterocycles. The van der Waals surface area contributed by atoms with Crippen LogP contribution in [0.5, 0.6) is 0 Å². The normalized spacial score (nSPS) is 36.0. The monoisotopic (exact) mass is 313 g/mol. The molecule has 1 aromatic rings. The Labute approximate surface area is 125 Å². The summed E-state index contributed by atoms with van der Waals surface area (Å²) in [6.07, 6.45) is -0.104. The molecule has 1 saturated heterocycles. The van der Waals surface area contributed by atoms with Crippen molar-refractivity contribution in [3.63, 3.8) is 0 Å². The first-order valence-electron chi connectivity index (χ1n) is 6.70. The van der Waals surface area contributed by atoms with E-state index in [1.807, 2.05) is 0 Å². The number of fused-ring (bicyclic) bond motifs is 1. The van der Waals surface area contributed by atoms with E-state index >= 15 is 4.39 Å². The van der Waals surface area contributed by atoms with Gasteiger partial charge in [-0.25, -0.2) is 13.8 Å². The zero-order valence-electron chi connectivity index (χ0n) is 11.6. The van der Waals surface area contributed by atoms with Crippen LogP contribution in [-0.2, 0) is 10.3 Å². The number of aliphatic imine (C=N–C) groups is 1. The maximum absolute atomic E-state index is 15.6. The maximum Gasteiger partial charge on any atom is 0.155 e. The highest BCUT2D eigenvalue weighted by Gasteiger charge is 2.60. The van der Waals surface area contributed by atoms with E-state index in [2.05, 4.69) is 4.99 Å². The lowest BCUT2D eigenvalue weighted by atomic mass is 9.72. The van der Waals surface area contributed by atoms with Crippen LogP contribution < -0.4 is 11.5 Å². The summed E-state index contributed by atoms with van der Waals surface area (Å²) in [6, 6.07) is 4.09. The number of thioether (sulfide) groups is 1. The summed E-state index contributed by atoms with van der Waals surface area (Å²) in [5.41, 5.74) is 8.81. The molecule has 3 atom stereocenters. The Bertz CT molecular complexity index is 612. The first kappa shape index (κ1) is 14.6. The fourth-order valence-electron chi connectivity index (χ4n) is 3.03. The SMILES string of the molecule is C[C@H]1C[C@@]2(F)CSC(N)=N[C@@]2(c2cc(N)ccc2F)CO1. The van der Waals surface area contributed by atoms with Gasteiger partial charge in [-0.1, -0.05) is 11.8 Å². The Morgan fingerprint density at radius 3 is 2.95 bits per heavy atom. The van der Waals surface area contributed by atoms with Crippen molar-refractivity contribution in [3.05, 3.63) is 29.6 Å². The van der Waals surface area contributed by atoms with Crippen molar-refractivity contribution in [2.45, 2.75) is 30.7 Å². The van der Waals surface area contributed by atoms with E-state index in [0.29, 0.717) is 5.69 Å². The minimum absolute atomic E-state index is 0.0493. The van der Waals surface area contributed by atoms with Crippen molar-refractivity contribution in [1.29, 1.82) is 0 Å². The molecule has 0 amide bonds. The zero-order valence-corrected chi connectivity index (χ0v) is 12.4. The minimum Gasteiger partial charge on any atom is -0.399 e. The Morgan fingerprint density at radius 2 is 2.19 bits per heavy atom. The summed E-state index contributed by atoms with van der Waals surface area (Å²) in [4.78, 5) is 4.28. The number of benzene rings is 1. The van der Waals surface area contributed by atoms with Crippen LogP contribution in [0.25, 0.3) is 0 Å². The third kappa shape index (κ3) is 2.19. The third-order valence-corrected chi connectivity index (χ3v) is 5.10. The molecule has 114 valence electrons. The summed E-state index contributed by atoms with van der Waals surface area (Å²) in [6.45, 7) is 1.75. The number of amidine groups is 1. The molecule has 4 N–H and O–H groups in total. The van der Waals surface area contributed by atoms with Crippen molar-refractivity contribution in [2.75, 3.05) is 18.1 Å². The van der Waals surface area contributed by atoms with E-state index in [0.717, 1.165) is 11.8 Å². The summed E-state index contributed by atoms with van der Waals surface area (Å²) in [7, 11) is 0. The van der Waals surface area contributed by atoms with Gasteiger partial charge in [-0.2, -0.15) is 0 Å². The second-order valence-corrected chi connectivity index (χ2v) is 6.62. The smallest absolute Gasteiger partial charge is 0.155 e. The maximum atomic E-state index is 15.6. The van der Waals surface area contributed by atoms with Crippen LogP contribution in [-0.4, -0.2) is 29.3 Å². The van der Waals surface area contributed by atoms with Crippen molar-refractivity contribution < 1.29 is 13.5 Å². The minimum atomic E-state index is -1.72. The topological polar surface area (TPSA) is 73.6 Å². The van der Waals surface area contributed by atoms with Gasteiger partial charge in [0.1, 0.15) is 11.4 Å². The molecular formula is C14H17F2N3OS. The Hall–Kier alpha value is -1.34. The predicted molar refractivity (Wildman–Crippen MR) is 80.4 cm³/mol. The molecule has 0 saturated carbocycles. The molecule has 21 heavy (non-hydrogen) atoms. The highest BCUT2D eigenvalue weighted by atomic mass is 32.2. The van der Waals surface area contributed by atoms with E-state index in [1.165, 1.54) is 18.2 Å². The Morgan fingerprint density at radius 1 is 1.43 bits per heavy atom. The van der Waals surface area contributed by atoms with Crippen LogP contribution in [0.15, 0.2) is 23.2 Å². The third-order valence-electron chi connectivity index (χ3n) is 4.11. The van der Waals surface area contributed by atoms with E-state index in [1.54, 1.807) is 6.92 Å². The van der Waals surface area contributed by atoms with Gasteiger partial charge in [0.15, 0.2) is 10.8 Å². The van der Waals surface area contributed by atoms with Gasteiger partial charge in [0.25, 0.3) is 0 Å². The predicted octanol–water partition coefficient (Wildman–Crippen LogP) is 2.18. The number of hydrogen-bond donors (Lipinski definition) is 2. The molecule has 0 aliphatic carbocycles. The number of hydrogen-bond acceptors (Lipinski definition) is 5. The molecule has 0 radical (unpaired) electrons. The summed E-state index contributed by atoms with van der Waals surface area (Å²) < 4.78 is 35.5. The molecule has 0 unspecified atom stereocenters. The second-order valence-electron chi connectivity index (χ2n) is 5.63. The largest absolute Gasteiger partial charge is 0.399 e. The fraction of sp³-hybridized carbons (Fsp3) is 0.500. The quantitative estimate of drug-likeness (QED) is 0.779. The van der Waals surface area contributed by atoms with Crippen molar-refractivity contribution >= 4 is 22.6 Å². The van der Waals surface area contributed by atoms with Crippen molar-refractivity contribution in [3.8, 4) is 0 Å². The summed E-state index contributed by atoms with van der Waals surface area (Å²) >= 11 is 1.15. The van der Waals surface area contributed by atoms with E-state index in [4.69, 9.17) is 16.2 Å². The van der Waals surface area contributed by atoms with Crippen LogP contribution in [0.1, 0.15) is 18.9 Å². The lowest BCUT2D eigenvalue weighted by Gasteiger charge is -2.49. The van der Waals surface area contributed by atoms with Gasteiger partial charge < -0.3 is 16.2 Å². The number of halogens is 2. The Kier molecular flexibility index (Phi) is 3.37. The Balaban J connectivity index is 2.22. The van der Waals surface area contributed by atoms with Gasteiger partial charge in [-0.15, -0.1) is 0 Å². The molecule has 7 heteroatoms. The molecule has 0 spiro atoms. The van der Waals surface area contributed by atoms with Gasteiger partial charge in [0.2, 0.25) is 0 Å². The van der Waals surface area contributed by atoms with Crippen molar-refractivity contribution in [2.24, 2.45) is 10.7 Å². The van der Waals surface area contributed by atoms with E-state index < -0.39 is 17.0 Å². The standard InChI is InChI=1S/C14H17F2N3OS/c1-8-5-13(16)7-21-12(18)19-14(13,6-20-8)10-4-9(17)2-3-11(10)15/h2-4,8H,5-7,17H2,1H3,(H2,18,19)/t8-,13+,14+/m0/s1. The fourth-order valence-corrected chi connectivity index (χ4v) is 3.99. The van der Waals surface area contributed by atoms with Gasteiger partial charge in [0, 0.05) is 23.4 Å². The van der Waals surface area contributed by atoms with Gasteiger partial charge in [-0.3, -0.25) is 0 Å². The first-order valence-corrected chi connectivity index (χ1v) is 7.69. The number of ether oxygens (including phenoxy) is 1. The van der Waals surface area contributed by atoms with Gasteiger partial charge >= 0.3 is 0 Å². The molecule has 2 heterocycles. The molecule has 4 nitrogen and oxygen atoms in total. The summed E-state index contributed by atoms with van der Waals surface area (Å²) in [5, 5.41) is 0.239. The van der Waals surface area contributed by atoms with Gasteiger partial charge in [-0.05, 0) is 25.1 Å². The number of anilines is 1. The average Bonchev–Trinajstić information content (AvgIpc) is 2.42. The first-order chi connectivity index (χ1) is 9.86. The number of nitrogens with two attached hydrogens (primary N) is 2. The number of nitrogens with zero attached hydrogens (tertiary/aromatic N) is 1. The van der Waals surface area contributed by atoms with Crippen LogP contribution in [0.4, 0.5) is 14.5 Å². The number of rotatable bonds is 1. The number of nitrogen functional groups attached to an aromatic ring is 1. The van der Waals surface area contributed by atoms with Crippen LogP contribution in [0, 0.1) is 5.82 Å². The van der Waals surface area contributed by atoms with Crippen LogP contribution in [0.2, 0.25) is 0 Å². The van der Waals surface area contributed by atoms with Crippen LogP contribution >= 0.6 is 11.8 Å². The van der Waals surface area contributed by atoms with Crippen LogP contribution in [0.3, 0.4) is 0 Å². The molecule has 0 bridgehead atoms. The molecule has 0 aromatic heterocycles. The van der Waals surface area contributed by atoms with E-state index in [9.17, 15) is 4.39 Å². The molecule has 1 fully saturated rings. The molecular weight excluding hydrogens is 296 g/mol. The highest BCUT2D eigenvalue weighted by Crippen LogP contribution is 2.51. The molecule has 2 aliphatic rings. The number of alkyl halides is 1. The molecule has 3 rings (SSSR count). The lowest BCUT2D eigenvalue weighted by Crippen LogP contribution is -2.60. The van der Waals surface area contributed by atoms with Gasteiger partial charge in [0.05, 0.1) is 12.7 Å². The van der Waals surface area contributed by atoms with Crippen molar-refractivity contribution in [1.82, 2.24) is 0 Å². The average molecular weight is 313 g/mol.